The lowest BCUT2D eigenvalue weighted by Gasteiger charge is -2.42. The maximum Gasteiger partial charge on any atom is 0.262 e. The number of fused-ring (bicyclic) bond motifs is 1. The van der Waals surface area contributed by atoms with Crippen LogP contribution >= 0.6 is 35.0 Å². The molecular formula is C30H36Cl2N4OS. The lowest BCUT2D eigenvalue weighted by atomic mass is 9.81. The van der Waals surface area contributed by atoms with Gasteiger partial charge in [-0.05, 0) is 93.9 Å². The van der Waals surface area contributed by atoms with Crippen molar-refractivity contribution in [1.29, 1.82) is 0 Å². The lowest BCUT2D eigenvalue weighted by Crippen LogP contribution is -2.54. The highest BCUT2D eigenvalue weighted by Gasteiger charge is 2.53. The second-order valence-corrected chi connectivity index (χ2v) is 13.2. The van der Waals surface area contributed by atoms with Crippen LogP contribution in [0.3, 0.4) is 0 Å². The molecule has 8 heteroatoms. The van der Waals surface area contributed by atoms with Gasteiger partial charge in [0.05, 0.1) is 6.04 Å². The number of rotatable bonds is 7. The van der Waals surface area contributed by atoms with Crippen LogP contribution in [0.15, 0.2) is 64.1 Å². The quantitative estimate of drug-likeness (QED) is 0.353. The molecule has 1 amide bonds. The minimum atomic E-state index is -0.568. The van der Waals surface area contributed by atoms with Crippen LogP contribution in [0.2, 0.25) is 10.0 Å². The first-order valence-electron chi connectivity index (χ1n) is 13.3. The Bertz CT molecular complexity index is 1270. The maximum atomic E-state index is 14.2. The van der Waals surface area contributed by atoms with E-state index in [-0.39, 0.29) is 23.9 Å². The molecule has 0 N–H and O–H groups in total. The number of amidine groups is 1. The van der Waals surface area contributed by atoms with Crippen LogP contribution in [0.25, 0.3) is 0 Å². The van der Waals surface area contributed by atoms with Gasteiger partial charge in [-0.1, -0.05) is 61.3 Å². The van der Waals surface area contributed by atoms with Crippen LogP contribution < -0.4 is 0 Å². The predicted molar refractivity (Wildman–Crippen MR) is 160 cm³/mol. The summed E-state index contributed by atoms with van der Waals surface area (Å²) in [4.78, 5) is 27.0. The van der Waals surface area contributed by atoms with Crippen LogP contribution in [-0.2, 0) is 10.3 Å². The predicted octanol–water partition coefficient (Wildman–Crippen LogP) is 7.18. The third-order valence-corrected chi connectivity index (χ3v) is 9.66. The Hall–Kier alpha value is -1.99. The van der Waals surface area contributed by atoms with Gasteiger partial charge >= 0.3 is 0 Å². The van der Waals surface area contributed by atoms with Gasteiger partial charge in [0.2, 0.25) is 0 Å². The number of likely N-dealkylation sites (N-methyl/N-ethyl adjacent to an activating group) is 1. The molecule has 2 aromatic rings. The summed E-state index contributed by atoms with van der Waals surface area (Å²) in [5, 5.41) is 2.27. The molecule has 0 aromatic heterocycles. The summed E-state index contributed by atoms with van der Waals surface area (Å²) in [5.41, 5.74) is 2.66. The van der Waals surface area contributed by atoms with E-state index in [0.29, 0.717) is 16.1 Å². The van der Waals surface area contributed by atoms with Gasteiger partial charge in [0.1, 0.15) is 10.4 Å². The van der Waals surface area contributed by atoms with E-state index in [1.165, 1.54) is 11.8 Å². The summed E-state index contributed by atoms with van der Waals surface area (Å²) in [6.45, 7) is 12.6. The van der Waals surface area contributed by atoms with E-state index < -0.39 is 5.54 Å². The van der Waals surface area contributed by atoms with Gasteiger partial charge in [-0.2, -0.15) is 0 Å². The van der Waals surface area contributed by atoms with E-state index in [0.717, 1.165) is 46.4 Å². The van der Waals surface area contributed by atoms with Crippen molar-refractivity contribution in [2.24, 2.45) is 10.9 Å². The molecule has 38 heavy (non-hydrogen) atoms. The zero-order chi connectivity index (χ0) is 27.4. The second-order valence-electron chi connectivity index (χ2n) is 11.3. The Balaban J connectivity index is 1.59. The molecule has 3 aliphatic heterocycles. The summed E-state index contributed by atoms with van der Waals surface area (Å²) < 4.78 is 0. The van der Waals surface area contributed by atoms with E-state index >= 15 is 0 Å². The Kier molecular flexibility index (Phi) is 7.64. The number of aliphatic imine (C=N–C) groups is 1. The van der Waals surface area contributed by atoms with Crippen molar-refractivity contribution in [2.45, 2.75) is 64.7 Å². The molecule has 0 spiro atoms. The van der Waals surface area contributed by atoms with E-state index in [1.54, 1.807) is 0 Å². The largest absolute Gasteiger partial charge is 0.334 e. The smallest absolute Gasteiger partial charge is 0.262 e. The van der Waals surface area contributed by atoms with E-state index in [2.05, 4.69) is 75.7 Å². The molecule has 5 nitrogen and oxygen atoms in total. The molecule has 5 rings (SSSR count). The van der Waals surface area contributed by atoms with Crippen molar-refractivity contribution >= 4 is 46.0 Å². The van der Waals surface area contributed by atoms with Gasteiger partial charge in [0, 0.05) is 34.4 Å². The Labute approximate surface area is 240 Å². The minimum Gasteiger partial charge on any atom is -0.334 e. The van der Waals surface area contributed by atoms with Gasteiger partial charge < -0.3 is 14.7 Å². The van der Waals surface area contributed by atoms with Gasteiger partial charge in [-0.3, -0.25) is 4.79 Å². The van der Waals surface area contributed by atoms with Gasteiger partial charge in [-0.25, -0.2) is 4.99 Å². The molecule has 2 aromatic carbocycles. The van der Waals surface area contributed by atoms with E-state index in [4.69, 9.17) is 28.2 Å². The van der Waals surface area contributed by atoms with Crippen molar-refractivity contribution in [1.82, 2.24) is 14.7 Å². The fourth-order valence-corrected chi connectivity index (χ4v) is 7.37. The lowest BCUT2D eigenvalue weighted by molar-refractivity contribution is -0.129. The molecule has 0 unspecified atom stereocenters. The van der Waals surface area contributed by atoms with Crippen molar-refractivity contribution < 1.29 is 4.79 Å². The minimum absolute atomic E-state index is 0.106. The zero-order valence-electron chi connectivity index (χ0n) is 22.9. The first-order chi connectivity index (χ1) is 18.0. The molecule has 1 saturated heterocycles. The first-order valence-corrected chi connectivity index (χ1v) is 14.9. The molecule has 3 heterocycles. The topological polar surface area (TPSA) is 39.2 Å². The number of halogens is 2. The number of likely N-dealkylation sites (tertiary alicyclic amines) is 1. The van der Waals surface area contributed by atoms with Crippen LogP contribution in [0.4, 0.5) is 0 Å². The Morgan fingerprint density at radius 3 is 2.18 bits per heavy atom. The second kappa shape index (κ2) is 10.5. The molecule has 0 bridgehead atoms. The Morgan fingerprint density at radius 2 is 1.68 bits per heavy atom. The van der Waals surface area contributed by atoms with Gasteiger partial charge in [-0.15, -0.1) is 0 Å². The monoisotopic (exact) mass is 570 g/mol. The van der Waals surface area contributed by atoms with Crippen molar-refractivity contribution in [2.75, 3.05) is 20.1 Å². The van der Waals surface area contributed by atoms with Crippen LogP contribution in [0.5, 0.6) is 0 Å². The SMILES string of the molecule is CC(C)C1=C(C(=O)N(C[C@@H]2CCN2C)C(C)C)SC2=N[C@@](C)(c3ccc(Cl)cc3)[C@@H](c3ccc(Cl)cc3)N21. The third kappa shape index (κ3) is 4.78. The standard InChI is InChI=1S/C30H36Cl2N4OS/c1-18(2)25-26(28(37)35(19(3)4)17-24-15-16-34(24)6)38-29-33-30(5,21-9-13-23(32)14-10-21)27(36(25)29)20-7-11-22(31)12-8-20/h7-14,18-19,24,27H,15-17H2,1-6H3/t24-,27+,30-/m0/s1. The van der Waals surface area contributed by atoms with Crippen molar-refractivity contribution in [3.8, 4) is 0 Å². The molecule has 202 valence electrons. The molecule has 0 aliphatic carbocycles. The number of hydrogen-bond donors (Lipinski definition) is 0. The van der Waals surface area contributed by atoms with Crippen LogP contribution in [0, 0.1) is 5.92 Å². The number of thioether (sulfide) groups is 1. The fourth-order valence-electron chi connectivity index (χ4n) is 5.75. The normalized spacial score (nSPS) is 25.2. The van der Waals surface area contributed by atoms with Gasteiger partial charge in [0.15, 0.2) is 5.17 Å². The zero-order valence-corrected chi connectivity index (χ0v) is 25.2. The summed E-state index contributed by atoms with van der Waals surface area (Å²) in [6, 6.07) is 16.4. The van der Waals surface area contributed by atoms with Gasteiger partial charge in [0.25, 0.3) is 5.91 Å². The fraction of sp³-hybridized carbons (Fsp3) is 0.467. The third-order valence-electron chi connectivity index (χ3n) is 8.10. The highest BCUT2D eigenvalue weighted by molar-refractivity contribution is 8.18. The molecule has 3 atom stereocenters. The first kappa shape index (κ1) is 27.6. The summed E-state index contributed by atoms with van der Waals surface area (Å²) in [7, 11) is 2.14. The summed E-state index contributed by atoms with van der Waals surface area (Å²) >= 11 is 14.1. The summed E-state index contributed by atoms with van der Waals surface area (Å²) in [5.74, 6) is 0.242. The highest BCUT2D eigenvalue weighted by Crippen LogP contribution is 2.56. The van der Waals surface area contributed by atoms with Crippen molar-refractivity contribution in [3.05, 3.63) is 80.3 Å². The number of nitrogens with zero attached hydrogens (tertiary/aromatic N) is 4. The molecular weight excluding hydrogens is 535 g/mol. The average Bonchev–Trinajstić information content (AvgIpc) is 3.36. The van der Waals surface area contributed by atoms with Crippen LogP contribution in [-0.4, -0.2) is 58.0 Å². The van der Waals surface area contributed by atoms with E-state index in [1.807, 2.05) is 29.2 Å². The number of carbonyl (C=O) groups excluding carboxylic acids is 1. The molecule has 3 aliphatic rings. The Morgan fingerprint density at radius 1 is 1.08 bits per heavy atom. The highest BCUT2D eigenvalue weighted by atomic mass is 35.5. The van der Waals surface area contributed by atoms with E-state index in [9.17, 15) is 4.79 Å². The van der Waals surface area contributed by atoms with Crippen molar-refractivity contribution in [3.63, 3.8) is 0 Å². The number of benzene rings is 2. The number of amides is 1. The number of hydrogen-bond acceptors (Lipinski definition) is 5. The van der Waals surface area contributed by atoms with Crippen LogP contribution in [0.1, 0.15) is 58.2 Å². The molecule has 0 radical (unpaired) electrons. The number of allylic oxidation sites excluding steroid dienone is 1. The number of carbonyl (C=O) groups is 1. The average molecular weight is 572 g/mol. The summed E-state index contributed by atoms with van der Waals surface area (Å²) in [6.07, 6.45) is 1.13. The molecule has 0 saturated carbocycles. The maximum absolute atomic E-state index is 14.2. The molecule has 1 fully saturated rings.